The van der Waals surface area contributed by atoms with Gasteiger partial charge >= 0.3 is 0 Å². The Labute approximate surface area is 619 Å². The summed E-state index contributed by atoms with van der Waals surface area (Å²) in [4.78, 5) is 0. The largest absolute Gasteiger partial charge is 0.212 e. The van der Waals surface area contributed by atoms with Crippen molar-refractivity contribution in [1.82, 2.24) is 0 Å². The fraction of sp³-hybridized carbons (Fsp3) is 0.292. The van der Waals surface area contributed by atoms with Crippen LogP contribution in [0.1, 0.15) is 162 Å². The van der Waals surface area contributed by atoms with E-state index in [2.05, 4.69) is 187 Å². The van der Waals surface area contributed by atoms with Crippen molar-refractivity contribution in [3.05, 3.63) is 308 Å². The fourth-order valence-electron chi connectivity index (χ4n) is 12.9. The summed E-state index contributed by atoms with van der Waals surface area (Å²) in [6.45, 7) is 27.2. The van der Waals surface area contributed by atoms with E-state index in [0.29, 0.717) is 22.3 Å². The third kappa shape index (κ3) is 17.7. The second kappa shape index (κ2) is 30.9. The van der Waals surface area contributed by atoms with Crippen molar-refractivity contribution >= 4 is 0 Å². The van der Waals surface area contributed by atoms with E-state index in [9.17, 15) is 0 Å². The molecule has 512 valence electrons. The van der Waals surface area contributed by atoms with Crippen LogP contribution < -0.4 is 18.3 Å². The molecule has 100 heavy (non-hydrogen) atoms. The average molecular weight is 1330 g/mol. The predicted octanol–water partition coefficient (Wildman–Crippen LogP) is 23.0. The van der Waals surface area contributed by atoms with Gasteiger partial charge < -0.3 is 0 Å². The van der Waals surface area contributed by atoms with E-state index in [4.69, 9.17) is 16.4 Å². The van der Waals surface area contributed by atoms with E-state index in [1.807, 2.05) is 202 Å². The molecule has 0 saturated heterocycles. The molecule has 0 aliphatic carbocycles. The van der Waals surface area contributed by atoms with Gasteiger partial charge in [-0.1, -0.05) is 195 Å². The number of benzene rings is 8. The summed E-state index contributed by atoms with van der Waals surface area (Å²) in [5, 5.41) is 0. The first-order chi connectivity index (χ1) is 51.9. The predicted molar refractivity (Wildman–Crippen MR) is 427 cm³/mol. The van der Waals surface area contributed by atoms with Crippen LogP contribution in [-0.2, 0) is 44.4 Å². The van der Waals surface area contributed by atoms with Gasteiger partial charge in [-0.3, -0.25) is 0 Å². The summed E-state index contributed by atoms with van der Waals surface area (Å²) in [7, 11) is 8.10. The van der Waals surface area contributed by atoms with Gasteiger partial charge in [0.15, 0.2) is 24.8 Å². The molecule has 0 bridgehead atoms. The van der Waals surface area contributed by atoms with Crippen molar-refractivity contribution in [1.29, 1.82) is 0 Å². The molecule has 0 aliphatic rings. The normalized spacial score (nSPS) is 13.7. The standard InChI is InChI=1S/C28H36N.C25H30N.C22H24N.C21H22N/c1-19-16-20(2)24(26-15-14-21(18-29(26)9)27(3,4)5)17-23(19)22-12-10-11-13-25(22)28(6,7)8;1-17-12-13-26(7)24(14-17)23-16-22(18(2)15-19(23)3)20-8-10-21(11-9-20)25(4,5)6;1-15-6-8-19(9-7-15)20-14-21(18(4)13-17(20)3)22-12-16(2)10-11-23(22)5;1-15-10-11-22(4)21(12-15)20-14-19(16(2)13-17(20)3)18-8-6-5-7-9-18/h10-18H,1-9H3;8-16H,1-7H3;6-14H,1-5H3;5-14H,1-4H3/q4*+1/i1D3;2D3;3D3;2D3. The van der Waals surface area contributed by atoms with E-state index in [1.165, 1.54) is 27.8 Å². The highest BCUT2D eigenvalue weighted by molar-refractivity contribution is 5.80. The molecule has 4 heteroatoms. The van der Waals surface area contributed by atoms with Gasteiger partial charge in [-0.25, -0.2) is 18.3 Å². The lowest BCUT2D eigenvalue weighted by atomic mass is 9.80. The molecule has 0 amide bonds. The molecule has 0 saturated carbocycles. The van der Waals surface area contributed by atoms with Crippen LogP contribution in [-0.4, -0.2) is 0 Å². The maximum Gasteiger partial charge on any atom is 0.212 e. The lowest BCUT2D eigenvalue weighted by Crippen LogP contribution is -2.33. The van der Waals surface area contributed by atoms with Gasteiger partial charge in [-0.2, -0.15) is 0 Å². The molecule has 8 aromatic carbocycles. The van der Waals surface area contributed by atoms with Gasteiger partial charge in [0, 0.05) is 86.7 Å². The first-order valence-corrected chi connectivity index (χ1v) is 34.8. The molecule has 0 spiro atoms. The minimum absolute atomic E-state index is 0.0547. The molecular formula is C96H112N4+4. The molecule has 0 atom stereocenters. The van der Waals surface area contributed by atoms with Gasteiger partial charge in [0.2, 0.25) is 22.8 Å². The van der Waals surface area contributed by atoms with Gasteiger partial charge in [0.1, 0.15) is 28.2 Å². The zero-order valence-corrected chi connectivity index (χ0v) is 63.2. The highest BCUT2D eigenvalue weighted by Gasteiger charge is 2.25. The van der Waals surface area contributed by atoms with E-state index in [0.717, 1.165) is 123 Å². The number of nitrogens with zero attached hydrogens (tertiary/aromatic N) is 4. The van der Waals surface area contributed by atoms with Crippen LogP contribution in [0.2, 0.25) is 0 Å². The highest BCUT2D eigenvalue weighted by atomic mass is 14.9. The van der Waals surface area contributed by atoms with Gasteiger partial charge in [0.25, 0.3) is 0 Å². The SMILES string of the molecule is [2H]C([2H])([2H])c1cc(C)c(-c2cc(C)cc[n+]2C)cc1-c1ccc(C(C)(C)C)cc1.[2H]C([2H])([2H])c1cc(C)c(-c2cc(C)cc[n+]2C)cc1-c1ccc(C)cc1.[2H]C([2H])([2H])c1cc(C)c(-c2cc(C)cc[n+]2C)cc1-c1ccccc1.[2H]C([2H])([2H])c1cc(C)c(-c2ccc(C(C)(C)C)c[n+]2C)cc1-c1ccccc1C(C)(C)C. The molecule has 12 rings (SSSR count). The number of aryl methyl sites for hydroxylation is 16. The molecule has 4 heterocycles. The number of hydrogen-bond donors (Lipinski definition) is 0. The molecule has 0 aliphatic heterocycles. The Balaban J connectivity index is 0.000000172. The number of pyridine rings is 4. The maximum atomic E-state index is 8.23. The molecule has 0 fully saturated rings. The van der Waals surface area contributed by atoms with Crippen molar-refractivity contribution < 1.29 is 34.7 Å². The van der Waals surface area contributed by atoms with E-state index < -0.39 is 27.4 Å². The zero-order chi connectivity index (χ0) is 82.9. The van der Waals surface area contributed by atoms with Crippen LogP contribution in [0.25, 0.3) is 89.5 Å². The minimum Gasteiger partial charge on any atom is -0.201 e. The second-order valence-corrected chi connectivity index (χ2v) is 30.5. The second-order valence-electron chi connectivity index (χ2n) is 30.5. The summed E-state index contributed by atoms with van der Waals surface area (Å²) in [6.07, 6.45) is 8.28. The van der Waals surface area contributed by atoms with Crippen molar-refractivity contribution in [2.75, 3.05) is 0 Å². The topological polar surface area (TPSA) is 15.5 Å². The first-order valence-electron chi connectivity index (χ1n) is 40.8. The van der Waals surface area contributed by atoms with Crippen LogP contribution in [0, 0.1) is 82.8 Å². The van der Waals surface area contributed by atoms with Crippen LogP contribution in [0.4, 0.5) is 0 Å². The van der Waals surface area contributed by atoms with E-state index in [-0.39, 0.29) is 16.2 Å². The van der Waals surface area contributed by atoms with Crippen molar-refractivity contribution in [3.8, 4) is 89.5 Å². The number of hydrogen-bond acceptors (Lipinski definition) is 0. The first kappa shape index (κ1) is 59.2. The summed E-state index contributed by atoms with van der Waals surface area (Å²) in [6, 6.07) is 66.6. The number of rotatable bonds is 8. The smallest absolute Gasteiger partial charge is 0.201 e. The maximum absolute atomic E-state index is 8.23. The number of aromatic nitrogens is 4. The fourth-order valence-corrected chi connectivity index (χ4v) is 12.9. The Bertz CT molecular complexity index is 5390. The molecule has 0 radical (unpaired) electrons. The summed E-state index contributed by atoms with van der Waals surface area (Å²) < 4.78 is 105. The minimum atomic E-state index is -2.19. The summed E-state index contributed by atoms with van der Waals surface area (Å²) >= 11 is 0. The lowest BCUT2D eigenvalue weighted by Gasteiger charge is -2.24. The van der Waals surface area contributed by atoms with E-state index >= 15 is 0 Å². The lowest BCUT2D eigenvalue weighted by molar-refractivity contribution is -0.661. The Morgan fingerprint density at radius 1 is 0.250 bits per heavy atom. The van der Waals surface area contributed by atoms with Crippen LogP contribution in [0.15, 0.2) is 225 Å². The highest BCUT2D eigenvalue weighted by Crippen LogP contribution is 2.40. The average Bonchev–Trinajstić information content (AvgIpc) is 0.765. The zero-order valence-electron chi connectivity index (χ0n) is 75.2. The third-order valence-electron chi connectivity index (χ3n) is 19.0. The van der Waals surface area contributed by atoms with Crippen molar-refractivity contribution in [2.45, 2.75) is 161 Å². The van der Waals surface area contributed by atoms with Gasteiger partial charge in [0.05, 0.1) is 0 Å². The quantitative estimate of drug-likeness (QED) is 0.135. The summed E-state index contributed by atoms with van der Waals surface area (Å²) in [5.74, 6) is 0. The molecule has 0 N–H and O–H groups in total. The Morgan fingerprint density at radius 2 is 0.590 bits per heavy atom. The van der Waals surface area contributed by atoms with Crippen LogP contribution >= 0.6 is 0 Å². The van der Waals surface area contributed by atoms with Crippen molar-refractivity contribution in [2.24, 2.45) is 28.2 Å². The summed E-state index contributed by atoms with van der Waals surface area (Å²) in [5.41, 5.74) is 29.2. The molecule has 12 aromatic rings. The van der Waals surface area contributed by atoms with Gasteiger partial charge in [-0.15, -0.1) is 0 Å². The molecular weight excluding hydrogens is 1210 g/mol. The molecule has 4 nitrogen and oxygen atoms in total. The Morgan fingerprint density at radius 3 is 0.970 bits per heavy atom. The van der Waals surface area contributed by atoms with Crippen LogP contribution in [0.3, 0.4) is 0 Å². The molecule has 0 unspecified atom stereocenters. The van der Waals surface area contributed by atoms with Gasteiger partial charge in [-0.05, 0) is 246 Å². The Kier molecular flexibility index (Phi) is 18.3. The van der Waals surface area contributed by atoms with Crippen LogP contribution in [0.5, 0.6) is 0 Å². The third-order valence-corrected chi connectivity index (χ3v) is 19.0. The van der Waals surface area contributed by atoms with E-state index in [1.54, 1.807) is 0 Å². The monoisotopic (exact) mass is 1330 g/mol. The molecule has 4 aromatic heterocycles. The van der Waals surface area contributed by atoms with Crippen molar-refractivity contribution in [3.63, 3.8) is 0 Å². The Hall–Kier alpha value is -9.64.